The Morgan fingerprint density at radius 2 is 1.68 bits per heavy atom. The molecule has 2 aromatic carbocycles. The molecule has 0 unspecified atom stereocenters. The first-order valence-electron chi connectivity index (χ1n) is 7.48. The summed E-state index contributed by atoms with van der Waals surface area (Å²) in [6.45, 7) is 0. The lowest BCUT2D eigenvalue weighted by Gasteiger charge is -2.08. The van der Waals surface area contributed by atoms with Crippen molar-refractivity contribution < 1.29 is 9.53 Å². The third kappa shape index (κ3) is 3.64. The summed E-state index contributed by atoms with van der Waals surface area (Å²) < 4.78 is 6.92. The minimum atomic E-state index is -0.264. The number of hydrogen-bond donors (Lipinski definition) is 0. The van der Waals surface area contributed by atoms with E-state index < -0.39 is 0 Å². The number of nitriles is 1. The first-order chi connectivity index (χ1) is 12.1. The summed E-state index contributed by atoms with van der Waals surface area (Å²) in [7, 11) is 3.30. The normalized spacial score (nSPS) is 10.1. The van der Waals surface area contributed by atoms with Crippen LogP contribution in [0.2, 0.25) is 0 Å². The average molecular weight is 333 g/mol. The third-order valence-electron chi connectivity index (χ3n) is 3.40. The van der Waals surface area contributed by atoms with Gasteiger partial charge in [-0.15, -0.1) is 5.10 Å². The summed E-state index contributed by atoms with van der Waals surface area (Å²) in [5, 5.41) is 13.0. The van der Waals surface area contributed by atoms with E-state index in [0.29, 0.717) is 22.9 Å². The Kier molecular flexibility index (Phi) is 4.44. The van der Waals surface area contributed by atoms with Crippen molar-refractivity contribution in [2.24, 2.45) is 0 Å². The molecule has 0 aliphatic heterocycles. The maximum absolute atomic E-state index is 11.8. The van der Waals surface area contributed by atoms with Crippen molar-refractivity contribution in [2.45, 2.75) is 0 Å². The summed E-state index contributed by atoms with van der Waals surface area (Å²) in [6.07, 6.45) is 1.39. The number of ether oxygens (including phenoxy) is 1. The molecule has 0 saturated heterocycles. The van der Waals surface area contributed by atoms with Gasteiger partial charge in [0.25, 0.3) is 0 Å². The maximum Gasteiger partial charge on any atom is 0.345 e. The van der Waals surface area contributed by atoms with Gasteiger partial charge in [0, 0.05) is 19.7 Å². The van der Waals surface area contributed by atoms with E-state index in [2.05, 4.69) is 16.2 Å². The van der Waals surface area contributed by atoms with Gasteiger partial charge in [0.15, 0.2) is 5.82 Å². The summed E-state index contributed by atoms with van der Waals surface area (Å²) in [6, 6.07) is 15.9. The van der Waals surface area contributed by atoms with E-state index in [-0.39, 0.29) is 6.03 Å². The molecule has 1 amide bonds. The van der Waals surface area contributed by atoms with Crippen molar-refractivity contribution in [2.75, 3.05) is 14.1 Å². The Morgan fingerprint density at radius 1 is 1.08 bits per heavy atom. The second kappa shape index (κ2) is 6.84. The van der Waals surface area contributed by atoms with E-state index in [1.165, 1.54) is 15.9 Å². The number of nitrogens with zero attached hydrogens (tertiary/aromatic N) is 5. The average Bonchev–Trinajstić information content (AvgIpc) is 3.12. The summed E-state index contributed by atoms with van der Waals surface area (Å²) in [4.78, 5) is 17.4. The lowest BCUT2D eigenvalue weighted by atomic mass is 10.2. The minimum absolute atomic E-state index is 0.264. The van der Waals surface area contributed by atoms with Crippen LogP contribution >= 0.6 is 0 Å². The fourth-order valence-electron chi connectivity index (χ4n) is 2.10. The van der Waals surface area contributed by atoms with Crippen molar-refractivity contribution in [1.82, 2.24) is 19.7 Å². The quantitative estimate of drug-likeness (QED) is 0.735. The molecular formula is C18H15N5O2. The largest absolute Gasteiger partial charge is 0.457 e. The molecule has 0 saturated carbocycles. The van der Waals surface area contributed by atoms with Crippen LogP contribution < -0.4 is 4.74 Å². The van der Waals surface area contributed by atoms with Gasteiger partial charge < -0.3 is 9.64 Å². The molecule has 0 radical (unpaired) electrons. The van der Waals surface area contributed by atoms with E-state index in [0.717, 1.165) is 5.56 Å². The van der Waals surface area contributed by atoms with E-state index in [4.69, 9.17) is 10.00 Å². The van der Waals surface area contributed by atoms with Crippen LogP contribution in [0.25, 0.3) is 11.4 Å². The molecule has 0 fully saturated rings. The zero-order chi connectivity index (χ0) is 17.8. The molecule has 25 heavy (non-hydrogen) atoms. The van der Waals surface area contributed by atoms with Crippen LogP contribution in [0.15, 0.2) is 54.9 Å². The smallest absolute Gasteiger partial charge is 0.345 e. The van der Waals surface area contributed by atoms with Gasteiger partial charge >= 0.3 is 6.03 Å². The number of hydrogen-bond acceptors (Lipinski definition) is 5. The Hall–Kier alpha value is -3.66. The Morgan fingerprint density at radius 3 is 2.24 bits per heavy atom. The van der Waals surface area contributed by atoms with Gasteiger partial charge in [0.2, 0.25) is 0 Å². The molecule has 7 heteroatoms. The number of aromatic nitrogens is 3. The minimum Gasteiger partial charge on any atom is -0.457 e. The van der Waals surface area contributed by atoms with Crippen LogP contribution in [0, 0.1) is 11.3 Å². The number of rotatable bonds is 3. The molecule has 0 spiro atoms. The monoisotopic (exact) mass is 333 g/mol. The predicted octanol–water partition coefficient (Wildman–Crippen LogP) is 3.14. The van der Waals surface area contributed by atoms with Crippen molar-refractivity contribution in [3.05, 3.63) is 60.4 Å². The van der Waals surface area contributed by atoms with Crippen LogP contribution in [0.5, 0.6) is 11.5 Å². The van der Waals surface area contributed by atoms with Crippen LogP contribution in [-0.2, 0) is 0 Å². The van der Waals surface area contributed by atoms with Gasteiger partial charge in [0.1, 0.15) is 17.8 Å². The number of carbonyl (C=O) groups excluding carboxylic acids is 1. The van der Waals surface area contributed by atoms with Crippen LogP contribution in [0.1, 0.15) is 5.56 Å². The lowest BCUT2D eigenvalue weighted by molar-refractivity contribution is 0.216. The van der Waals surface area contributed by atoms with Gasteiger partial charge in [-0.2, -0.15) is 9.94 Å². The molecule has 0 aliphatic carbocycles. The Bertz CT molecular complexity index is 921. The second-order valence-electron chi connectivity index (χ2n) is 5.45. The molecule has 1 aromatic heterocycles. The highest BCUT2D eigenvalue weighted by Gasteiger charge is 2.11. The Labute approximate surface area is 144 Å². The summed E-state index contributed by atoms with van der Waals surface area (Å²) in [5.74, 6) is 1.75. The van der Waals surface area contributed by atoms with Crippen molar-refractivity contribution in [3.8, 4) is 29.0 Å². The van der Waals surface area contributed by atoms with Gasteiger partial charge in [0.05, 0.1) is 11.6 Å². The molecule has 124 valence electrons. The standard InChI is InChI=1S/C18H15N5O2/c1-22(2)18(24)23-12-20-17(21-23)14-5-9-16(10-6-14)25-15-7-3-13(11-19)4-8-15/h3-10,12H,1-2H3. The highest BCUT2D eigenvalue weighted by atomic mass is 16.5. The SMILES string of the molecule is CN(C)C(=O)n1cnc(-c2ccc(Oc3ccc(C#N)cc3)cc2)n1. The third-order valence-corrected chi connectivity index (χ3v) is 3.40. The zero-order valence-corrected chi connectivity index (χ0v) is 13.7. The fraction of sp³-hybridized carbons (Fsp3) is 0.111. The van der Waals surface area contributed by atoms with Crippen LogP contribution in [-0.4, -0.2) is 39.8 Å². The highest BCUT2D eigenvalue weighted by Crippen LogP contribution is 2.24. The molecule has 0 atom stereocenters. The number of amides is 1. The van der Waals surface area contributed by atoms with E-state index >= 15 is 0 Å². The van der Waals surface area contributed by atoms with Crippen LogP contribution in [0.3, 0.4) is 0 Å². The Balaban J connectivity index is 1.74. The van der Waals surface area contributed by atoms with Gasteiger partial charge in [-0.25, -0.2) is 9.78 Å². The highest BCUT2D eigenvalue weighted by molar-refractivity contribution is 5.75. The molecule has 7 nitrogen and oxygen atoms in total. The lowest BCUT2D eigenvalue weighted by Crippen LogP contribution is -2.27. The predicted molar refractivity (Wildman–Crippen MR) is 91.2 cm³/mol. The molecule has 3 aromatic rings. The van der Waals surface area contributed by atoms with Crippen molar-refractivity contribution >= 4 is 6.03 Å². The maximum atomic E-state index is 11.8. The van der Waals surface area contributed by atoms with E-state index in [1.807, 2.05) is 12.1 Å². The molecule has 0 aliphatic rings. The van der Waals surface area contributed by atoms with Gasteiger partial charge in [-0.1, -0.05) is 0 Å². The number of carbonyl (C=O) groups is 1. The van der Waals surface area contributed by atoms with Crippen molar-refractivity contribution in [3.63, 3.8) is 0 Å². The second-order valence-corrected chi connectivity index (χ2v) is 5.45. The summed E-state index contributed by atoms with van der Waals surface area (Å²) >= 11 is 0. The van der Waals surface area contributed by atoms with E-state index in [1.54, 1.807) is 50.5 Å². The van der Waals surface area contributed by atoms with Crippen LogP contribution in [0.4, 0.5) is 4.79 Å². The van der Waals surface area contributed by atoms with Crippen molar-refractivity contribution in [1.29, 1.82) is 5.26 Å². The fourth-order valence-corrected chi connectivity index (χ4v) is 2.10. The molecule has 0 bridgehead atoms. The number of benzene rings is 2. The topological polar surface area (TPSA) is 84.0 Å². The molecular weight excluding hydrogens is 318 g/mol. The van der Waals surface area contributed by atoms with E-state index in [9.17, 15) is 4.79 Å². The molecule has 1 heterocycles. The molecule has 0 N–H and O–H groups in total. The first kappa shape index (κ1) is 16.2. The first-order valence-corrected chi connectivity index (χ1v) is 7.48. The zero-order valence-electron chi connectivity index (χ0n) is 13.7. The van der Waals surface area contributed by atoms with Gasteiger partial charge in [-0.05, 0) is 48.5 Å². The molecule has 3 rings (SSSR count). The summed E-state index contributed by atoms with van der Waals surface area (Å²) in [5.41, 5.74) is 1.36. The van der Waals surface area contributed by atoms with Gasteiger partial charge in [-0.3, -0.25) is 0 Å².